The second kappa shape index (κ2) is 2.66. The van der Waals surface area contributed by atoms with E-state index in [1.807, 2.05) is 13.8 Å². The van der Waals surface area contributed by atoms with Crippen LogP contribution in [0.1, 0.15) is 20.8 Å². The summed E-state index contributed by atoms with van der Waals surface area (Å²) in [7, 11) is 0. The van der Waals surface area contributed by atoms with Crippen molar-refractivity contribution in [1.29, 1.82) is 0 Å². The minimum Gasteiger partial charge on any atom is -0.422 e. The van der Waals surface area contributed by atoms with Crippen molar-refractivity contribution < 1.29 is 14.3 Å². The Bertz CT molecular complexity index is 230. The second-order valence-electron chi connectivity index (χ2n) is 2.83. The molecular weight excluding hydrogens is 259 g/mol. The fourth-order valence-corrected chi connectivity index (χ4v) is 1.09. The molecule has 0 spiro atoms. The lowest BCUT2D eigenvalue weighted by Crippen LogP contribution is -2.33. The van der Waals surface area contributed by atoms with E-state index in [1.54, 1.807) is 6.92 Å². The molecule has 0 saturated carbocycles. The molecule has 0 bridgehead atoms. The molecule has 0 amide bonds. The quantitative estimate of drug-likeness (QED) is 0.500. The Labute approximate surface area is 78.9 Å². The molecule has 0 aromatic rings. The van der Waals surface area contributed by atoms with Crippen LogP contribution < -0.4 is 0 Å². The van der Waals surface area contributed by atoms with Crippen LogP contribution >= 0.6 is 22.6 Å². The van der Waals surface area contributed by atoms with Gasteiger partial charge in [-0.15, -0.1) is 0 Å². The van der Waals surface area contributed by atoms with E-state index in [2.05, 4.69) is 22.6 Å². The van der Waals surface area contributed by atoms with E-state index in [1.165, 1.54) is 0 Å². The van der Waals surface area contributed by atoms with Gasteiger partial charge in [0.15, 0.2) is 0 Å². The molecule has 0 unspecified atom stereocenters. The topological polar surface area (TPSA) is 35.5 Å². The molecule has 0 aromatic heterocycles. The number of carbonyl (C=O) groups is 1. The number of cyclic esters (lactones) is 2. The minimum atomic E-state index is -0.618. The normalized spacial score (nSPS) is 22.7. The van der Waals surface area contributed by atoms with Gasteiger partial charge >= 0.3 is 6.16 Å². The lowest BCUT2D eigenvalue weighted by molar-refractivity contribution is 0.00144. The van der Waals surface area contributed by atoms with Crippen LogP contribution in [0.25, 0.3) is 0 Å². The van der Waals surface area contributed by atoms with Crippen molar-refractivity contribution in [2.24, 2.45) is 0 Å². The lowest BCUT2D eigenvalue weighted by atomic mass is 10.1. The number of carbonyl (C=O) groups excluding carboxylic acids is 1. The molecule has 4 heteroatoms. The molecule has 3 nitrogen and oxygen atoms in total. The number of rotatable bonds is 0. The van der Waals surface area contributed by atoms with Gasteiger partial charge in [0.2, 0.25) is 0 Å². The third-order valence-corrected chi connectivity index (χ3v) is 3.47. The van der Waals surface area contributed by atoms with Crippen LogP contribution in [0.5, 0.6) is 0 Å². The van der Waals surface area contributed by atoms with Crippen LogP contribution in [-0.4, -0.2) is 11.8 Å². The standard InChI is InChI=1S/C7H9IO3/c1-4-5(8)7(2,3)11-6(9)10-4/h1-3H3. The largest absolute Gasteiger partial charge is 0.514 e. The molecule has 1 heterocycles. The maximum Gasteiger partial charge on any atom is 0.514 e. The van der Waals surface area contributed by atoms with E-state index >= 15 is 0 Å². The van der Waals surface area contributed by atoms with Gasteiger partial charge in [-0.25, -0.2) is 4.79 Å². The predicted octanol–water partition coefficient (Wildman–Crippen LogP) is 2.60. The van der Waals surface area contributed by atoms with Gasteiger partial charge in [0.05, 0.1) is 3.58 Å². The van der Waals surface area contributed by atoms with Gasteiger partial charge in [-0.1, -0.05) is 0 Å². The van der Waals surface area contributed by atoms with Gasteiger partial charge in [-0.2, -0.15) is 0 Å². The van der Waals surface area contributed by atoms with Crippen molar-refractivity contribution in [3.05, 3.63) is 9.34 Å². The fourth-order valence-electron chi connectivity index (χ4n) is 0.868. The summed E-state index contributed by atoms with van der Waals surface area (Å²) in [6, 6.07) is 0. The summed E-state index contributed by atoms with van der Waals surface area (Å²) in [5.41, 5.74) is -0.528. The lowest BCUT2D eigenvalue weighted by Gasteiger charge is -2.29. The highest BCUT2D eigenvalue weighted by molar-refractivity contribution is 14.1. The molecule has 0 atom stereocenters. The molecule has 62 valence electrons. The Hall–Kier alpha value is -0.260. The summed E-state index contributed by atoms with van der Waals surface area (Å²) in [6.45, 7) is 5.42. The Morgan fingerprint density at radius 2 is 2.00 bits per heavy atom. The van der Waals surface area contributed by atoms with Crippen molar-refractivity contribution in [2.75, 3.05) is 0 Å². The highest BCUT2D eigenvalue weighted by Crippen LogP contribution is 2.34. The Kier molecular flexibility index (Phi) is 2.13. The van der Waals surface area contributed by atoms with Crippen LogP contribution in [0.15, 0.2) is 9.34 Å². The summed E-state index contributed by atoms with van der Waals surface area (Å²) in [5.74, 6) is 0.631. The summed E-state index contributed by atoms with van der Waals surface area (Å²) >= 11 is 2.11. The monoisotopic (exact) mass is 268 g/mol. The zero-order valence-electron chi connectivity index (χ0n) is 6.60. The molecule has 0 radical (unpaired) electrons. The molecule has 0 aromatic carbocycles. The van der Waals surface area contributed by atoms with Crippen LogP contribution in [0.3, 0.4) is 0 Å². The number of hydrogen-bond donors (Lipinski definition) is 0. The van der Waals surface area contributed by atoms with E-state index in [0.717, 1.165) is 3.58 Å². The van der Waals surface area contributed by atoms with Crippen LogP contribution in [0.4, 0.5) is 4.79 Å². The second-order valence-corrected chi connectivity index (χ2v) is 3.91. The van der Waals surface area contributed by atoms with Crippen LogP contribution in [0, 0.1) is 0 Å². The van der Waals surface area contributed by atoms with E-state index in [0.29, 0.717) is 5.76 Å². The first-order valence-corrected chi connectivity index (χ1v) is 4.29. The maximum absolute atomic E-state index is 10.8. The number of halogens is 1. The molecule has 1 aliphatic heterocycles. The molecule has 0 fully saturated rings. The molecule has 11 heavy (non-hydrogen) atoms. The van der Waals surface area contributed by atoms with Gasteiger partial charge < -0.3 is 9.47 Å². The highest BCUT2D eigenvalue weighted by Gasteiger charge is 2.34. The molecule has 1 rings (SSSR count). The van der Waals surface area contributed by atoms with Crippen molar-refractivity contribution in [3.8, 4) is 0 Å². The molecule has 0 saturated heterocycles. The summed E-state index contributed by atoms with van der Waals surface area (Å²) in [5, 5.41) is 0. The predicted molar refractivity (Wildman–Crippen MR) is 48.4 cm³/mol. The molecule has 0 aliphatic carbocycles. The zero-order valence-corrected chi connectivity index (χ0v) is 8.76. The van der Waals surface area contributed by atoms with E-state index in [4.69, 9.17) is 9.47 Å². The number of ether oxygens (including phenoxy) is 2. The van der Waals surface area contributed by atoms with Gasteiger partial charge in [-0.3, -0.25) is 0 Å². The van der Waals surface area contributed by atoms with Crippen molar-refractivity contribution in [1.82, 2.24) is 0 Å². The number of hydrogen-bond acceptors (Lipinski definition) is 3. The van der Waals surface area contributed by atoms with Gasteiger partial charge in [0.1, 0.15) is 11.4 Å². The minimum absolute atomic E-state index is 0.528. The third kappa shape index (κ3) is 1.66. The molecule has 1 aliphatic rings. The first-order valence-electron chi connectivity index (χ1n) is 3.21. The Morgan fingerprint density at radius 3 is 2.45 bits per heavy atom. The average Bonchev–Trinajstić information content (AvgIpc) is 1.81. The molecular formula is C7H9IO3. The van der Waals surface area contributed by atoms with Crippen LogP contribution in [-0.2, 0) is 9.47 Å². The van der Waals surface area contributed by atoms with Gasteiger partial charge in [-0.05, 0) is 43.4 Å². The fraction of sp³-hybridized carbons (Fsp3) is 0.571. The summed E-state index contributed by atoms with van der Waals surface area (Å²) < 4.78 is 10.6. The maximum atomic E-state index is 10.8. The summed E-state index contributed by atoms with van der Waals surface area (Å²) in [6.07, 6.45) is -0.618. The average molecular weight is 268 g/mol. The smallest absolute Gasteiger partial charge is 0.422 e. The van der Waals surface area contributed by atoms with E-state index < -0.39 is 11.8 Å². The van der Waals surface area contributed by atoms with E-state index in [-0.39, 0.29) is 0 Å². The Morgan fingerprint density at radius 1 is 1.45 bits per heavy atom. The van der Waals surface area contributed by atoms with Crippen molar-refractivity contribution in [2.45, 2.75) is 26.4 Å². The van der Waals surface area contributed by atoms with Gasteiger partial charge in [0.25, 0.3) is 0 Å². The SMILES string of the molecule is CC1=C(I)C(C)(C)OC(=O)O1. The first kappa shape index (κ1) is 8.83. The van der Waals surface area contributed by atoms with Crippen LogP contribution in [0.2, 0.25) is 0 Å². The highest BCUT2D eigenvalue weighted by atomic mass is 127. The summed E-state index contributed by atoms with van der Waals surface area (Å²) in [4.78, 5) is 10.8. The first-order chi connectivity index (χ1) is 4.93. The van der Waals surface area contributed by atoms with Gasteiger partial charge in [0, 0.05) is 0 Å². The molecule has 0 N–H and O–H groups in total. The van der Waals surface area contributed by atoms with Crippen molar-refractivity contribution in [3.63, 3.8) is 0 Å². The Balaban J connectivity index is 3.02. The van der Waals surface area contributed by atoms with E-state index in [9.17, 15) is 4.79 Å². The third-order valence-electron chi connectivity index (χ3n) is 1.41. The zero-order chi connectivity index (χ0) is 8.65. The number of allylic oxidation sites excluding steroid dienone is 1. The van der Waals surface area contributed by atoms with Crippen molar-refractivity contribution >= 4 is 28.7 Å².